The van der Waals surface area contributed by atoms with Crippen molar-refractivity contribution in [1.82, 2.24) is 0 Å². The summed E-state index contributed by atoms with van der Waals surface area (Å²) in [6, 6.07) is 22.0. The van der Waals surface area contributed by atoms with Crippen molar-refractivity contribution in [2.45, 2.75) is 24.0 Å². The highest BCUT2D eigenvalue weighted by atomic mass is 35.5. The molecule has 9 heteroatoms. The van der Waals surface area contributed by atoms with Crippen LogP contribution in [-0.4, -0.2) is 17.1 Å². The largest absolute Gasteiger partial charge is 0.322 e. The molecule has 2 N–H and O–H groups in total. The Morgan fingerprint density at radius 1 is 1.03 bits per heavy atom. The molecule has 4 aromatic rings. The number of benzene rings is 3. The predicted molar refractivity (Wildman–Crippen MR) is 154 cm³/mol. The maximum Gasteiger partial charge on any atom is 0.257 e. The number of thioether (sulfide) groups is 1. The molecular weight excluding hydrogens is 545 g/mol. The van der Waals surface area contributed by atoms with Crippen LogP contribution < -0.4 is 10.6 Å². The average molecular weight is 567 g/mol. The first kappa shape index (κ1) is 26.8. The lowest BCUT2D eigenvalue weighted by molar-refractivity contribution is -0.115. The van der Waals surface area contributed by atoms with Gasteiger partial charge in [0.1, 0.15) is 11.1 Å². The zero-order valence-electron chi connectivity index (χ0n) is 19.8. The van der Waals surface area contributed by atoms with Gasteiger partial charge in [-0.2, -0.15) is 5.26 Å². The predicted octanol–water partition coefficient (Wildman–Crippen LogP) is 8.27. The third-order valence-electron chi connectivity index (χ3n) is 5.45. The smallest absolute Gasteiger partial charge is 0.257 e. The summed E-state index contributed by atoms with van der Waals surface area (Å²) < 4.78 is 0. The van der Waals surface area contributed by atoms with E-state index in [0.29, 0.717) is 26.8 Å². The molecule has 4 rings (SSSR count). The van der Waals surface area contributed by atoms with Crippen molar-refractivity contribution in [3.8, 4) is 17.2 Å². The molecule has 5 nitrogen and oxygen atoms in total. The van der Waals surface area contributed by atoms with Gasteiger partial charge < -0.3 is 10.6 Å². The van der Waals surface area contributed by atoms with Crippen molar-refractivity contribution in [3.05, 3.63) is 98.8 Å². The number of nitriles is 1. The molecule has 0 aliphatic rings. The fourth-order valence-corrected chi connectivity index (χ4v) is 5.84. The van der Waals surface area contributed by atoms with Gasteiger partial charge in [0.25, 0.3) is 5.91 Å². The van der Waals surface area contributed by atoms with E-state index in [-0.39, 0.29) is 16.8 Å². The Kier molecular flexibility index (Phi) is 8.57. The molecule has 0 radical (unpaired) electrons. The Hall–Kier alpha value is -3.28. The Labute approximate surface area is 233 Å². The topological polar surface area (TPSA) is 82.0 Å². The third kappa shape index (κ3) is 6.54. The van der Waals surface area contributed by atoms with E-state index in [4.69, 9.17) is 23.2 Å². The minimum Gasteiger partial charge on any atom is -0.322 e. The van der Waals surface area contributed by atoms with Crippen molar-refractivity contribution in [1.29, 1.82) is 5.26 Å². The Bertz CT molecular complexity index is 1510. The summed E-state index contributed by atoms with van der Waals surface area (Å²) in [5, 5.41) is 18.1. The van der Waals surface area contributed by atoms with E-state index < -0.39 is 5.25 Å². The SMILES string of the molecule is Cc1ccc(-c2csc(NC(=O)C(C)Sc3cccc(NC(=O)c4ccc(Cl)cc4Cl)c3)c2C#N)cc1. The van der Waals surface area contributed by atoms with Gasteiger partial charge in [0.2, 0.25) is 5.91 Å². The van der Waals surface area contributed by atoms with E-state index in [0.717, 1.165) is 21.6 Å². The first-order valence-electron chi connectivity index (χ1n) is 11.2. The van der Waals surface area contributed by atoms with Gasteiger partial charge in [-0.15, -0.1) is 23.1 Å². The molecule has 0 aliphatic heterocycles. The van der Waals surface area contributed by atoms with Crippen LogP contribution in [0.25, 0.3) is 11.1 Å². The second-order valence-electron chi connectivity index (χ2n) is 8.19. The van der Waals surface area contributed by atoms with E-state index in [9.17, 15) is 14.9 Å². The number of halogens is 2. The van der Waals surface area contributed by atoms with Crippen LogP contribution in [0.15, 0.2) is 77.0 Å². The summed E-state index contributed by atoms with van der Waals surface area (Å²) in [5.41, 5.74) is 4.19. The van der Waals surface area contributed by atoms with E-state index >= 15 is 0 Å². The van der Waals surface area contributed by atoms with Crippen molar-refractivity contribution in [2.75, 3.05) is 10.6 Å². The number of carbonyl (C=O) groups excluding carboxylic acids is 2. The molecule has 0 aliphatic carbocycles. The molecular formula is C28H21Cl2N3O2S2. The minimum absolute atomic E-state index is 0.221. The first-order valence-corrected chi connectivity index (χ1v) is 13.7. The molecule has 0 bridgehead atoms. The number of hydrogen-bond donors (Lipinski definition) is 2. The molecule has 3 aromatic carbocycles. The molecule has 186 valence electrons. The summed E-state index contributed by atoms with van der Waals surface area (Å²) in [6.07, 6.45) is 0. The number of amides is 2. The number of nitrogens with one attached hydrogen (secondary N) is 2. The number of thiophene rings is 1. The number of nitrogens with zero attached hydrogens (tertiary/aromatic N) is 1. The monoisotopic (exact) mass is 565 g/mol. The van der Waals surface area contributed by atoms with Crippen LogP contribution in [0.2, 0.25) is 10.0 Å². The van der Waals surface area contributed by atoms with E-state index in [2.05, 4.69) is 16.7 Å². The zero-order valence-corrected chi connectivity index (χ0v) is 23.0. The Morgan fingerprint density at radius 2 is 1.78 bits per heavy atom. The highest BCUT2D eigenvalue weighted by Gasteiger charge is 2.20. The van der Waals surface area contributed by atoms with Gasteiger partial charge in [-0.1, -0.05) is 59.1 Å². The number of carbonyl (C=O) groups is 2. The standard InChI is InChI=1S/C28H21Cl2N3O2S2/c1-16-6-8-18(9-7-16)24-15-36-28(23(24)14-31)33-26(34)17(2)37-21-5-3-4-20(13-21)32-27(35)22-11-10-19(29)12-25(22)30/h3-13,15,17H,1-2H3,(H,32,35)(H,33,34). The van der Waals surface area contributed by atoms with Crippen molar-refractivity contribution >= 4 is 68.8 Å². The fraction of sp³-hybridized carbons (Fsp3) is 0.107. The van der Waals surface area contributed by atoms with Gasteiger partial charge in [-0.25, -0.2) is 0 Å². The van der Waals surface area contributed by atoms with Gasteiger partial charge in [-0.3, -0.25) is 9.59 Å². The summed E-state index contributed by atoms with van der Waals surface area (Å²) in [6.45, 7) is 3.80. The van der Waals surface area contributed by atoms with Gasteiger partial charge >= 0.3 is 0 Å². The molecule has 0 saturated carbocycles. The molecule has 1 unspecified atom stereocenters. The zero-order chi connectivity index (χ0) is 26.5. The number of aryl methyl sites for hydroxylation is 1. The number of hydrogen-bond acceptors (Lipinski definition) is 5. The molecule has 1 heterocycles. The van der Waals surface area contributed by atoms with Gasteiger partial charge in [0.05, 0.1) is 21.4 Å². The van der Waals surface area contributed by atoms with Crippen molar-refractivity contribution in [3.63, 3.8) is 0 Å². The summed E-state index contributed by atoms with van der Waals surface area (Å²) in [5.74, 6) is -0.582. The Morgan fingerprint density at radius 3 is 2.49 bits per heavy atom. The highest BCUT2D eigenvalue weighted by Crippen LogP contribution is 2.36. The van der Waals surface area contributed by atoms with Crippen LogP contribution in [0.4, 0.5) is 10.7 Å². The second-order valence-corrected chi connectivity index (χ2v) is 11.3. The van der Waals surface area contributed by atoms with Gasteiger partial charge in [-0.05, 0) is 55.8 Å². The van der Waals surface area contributed by atoms with Crippen LogP contribution in [0.1, 0.15) is 28.4 Å². The number of anilines is 2. The summed E-state index contributed by atoms with van der Waals surface area (Å²) >= 11 is 14.7. The van der Waals surface area contributed by atoms with E-state index in [1.165, 1.54) is 29.2 Å². The number of rotatable bonds is 7. The van der Waals surface area contributed by atoms with E-state index in [1.54, 1.807) is 37.3 Å². The van der Waals surface area contributed by atoms with Gasteiger partial charge in [0.15, 0.2) is 0 Å². The lowest BCUT2D eigenvalue weighted by Crippen LogP contribution is -2.22. The highest BCUT2D eigenvalue weighted by molar-refractivity contribution is 8.00. The Balaban J connectivity index is 1.42. The van der Waals surface area contributed by atoms with Crippen molar-refractivity contribution < 1.29 is 9.59 Å². The van der Waals surface area contributed by atoms with Crippen LogP contribution in [0, 0.1) is 18.3 Å². The summed E-state index contributed by atoms with van der Waals surface area (Å²) in [7, 11) is 0. The maximum absolute atomic E-state index is 13.0. The lowest BCUT2D eigenvalue weighted by atomic mass is 10.0. The molecule has 37 heavy (non-hydrogen) atoms. The van der Waals surface area contributed by atoms with Crippen LogP contribution >= 0.6 is 46.3 Å². The fourth-order valence-electron chi connectivity index (χ4n) is 3.50. The molecule has 1 atom stereocenters. The van der Waals surface area contributed by atoms with Crippen LogP contribution in [0.3, 0.4) is 0 Å². The molecule has 0 spiro atoms. The van der Waals surface area contributed by atoms with Crippen LogP contribution in [-0.2, 0) is 4.79 Å². The minimum atomic E-state index is -0.451. The molecule has 0 fully saturated rings. The third-order valence-corrected chi connectivity index (χ3v) is 7.99. The average Bonchev–Trinajstić information content (AvgIpc) is 3.26. The lowest BCUT2D eigenvalue weighted by Gasteiger charge is -2.13. The molecule has 2 amide bonds. The molecule has 0 saturated heterocycles. The van der Waals surface area contributed by atoms with Gasteiger partial charge in [0, 0.05) is 26.5 Å². The van der Waals surface area contributed by atoms with E-state index in [1.807, 2.05) is 42.6 Å². The van der Waals surface area contributed by atoms with Crippen LogP contribution in [0.5, 0.6) is 0 Å². The normalized spacial score (nSPS) is 11.4. The second kappa shape index (κ2) is 11.8. The first-order chi connectivity index (χ1) is 17.7. The van der Waals surface area contributed by atoms with Crippen molar-refractivity contribution in [2.24, 2.45) is 0 Å². The summed E-state index contributed by atoms with van der Waals surface area (Å²) in [4.78, 5) is 26.4. The maximum atomic E-state index is 13.0. The quantitative estimate of drug-likeness (QED) is 0.221. The molecule has 1 aromatic heterocycles.